The second-order valence-corrected chi connectivity index (χ2v) is 4.78. The highest BCUT2D eigenvalue weighted by molar-refractivity contribution is 7.15. The van der Waals surface area contributed by atoms with Crippen molar-refractivity contribution in [1.82, 2.24) is 15.3 Å². The molecule has 1 saturated heterocycles. The molecule has 2 heterocycles. The van der Waals surface area contributed by atoms with E-state index in [4.69, 9.17) is 5.21 Å². The van der Waals surface area contributed by atoms with Gasteiger partial charge in [-0.15, -0.1) is 10.2 Å². The van der Waals surface area contributed by atoms with Crippen molar-refractivity contribution in [2.45, 2.75) is 19.8 Å². The molecule has 2 N–H and O–H groups in total. The third-order valence-corrected chi connectivity index (χ3v) is 3.46. The smallest absolute Gasteiger partial charge is 0.246 e. The van der Waals surface area contributed by atoms with E-state index in [0.717, 1.165) is 11.4 Å². The van der Waals surface area contributed by atoms with Gasteiger partial charge in [-0.3, -0.25) is 14.8 Å². The molecule has 1 atom stereocenters. The Morgan fingerprint density at radius 2 is 2.41 bits per heavy atom. The van der Waals surface area contributed by atoms with Crippen molar-refractivity contribution in [3.05, 3.63) is 5.01 Å². The lowest BCUT2D eigenvalue weighted by Crippen LogP contribution is -2.26. The Morgan fingerprint density at radius 3 is 2.94 bits per heavy atom. The first-order chi connectivity index (χ1) is 8.10. The predicted molar refractivity (Wildman–Crippen MR) is 59.5 cm³/mol. The van der Waals surface area contributed by atoms with Crippen molar-refractivity contribution in [3.63, 3.8) is 0 Å². The van der Waals surface area contributed by atoms with Gasteiger partial charge in [0.1, 0.15) is 5.01 Å². The SMILES string of the molecule is CCc1nnc(NC(=O)C2CC(=O)N(O)C2)s1. The van der Waals surface area contributed by atoms with Gasteiger partial charge in [0.05, 0.1) is 12.5 Å². The topological polar surface area (TPSA) is 95.4 Å². The van der Waals surface area contributed by atoms with Crippen LogP contribution in [0.4, 0.5) is 5.13 Å². The average molecular weight is 256 g/mol. The number of hydrogen-bond donors (Lipinski definition) is 2. The van der Waals surface area contributed by atoms with Gasteiger partial charge in [-0.2, -0.15) is 0 Å². The van der Waals surface area contributed by atoms with Gasteiger partial charge in [0.25, 0.3) is 0 Å². The summed E-state index contributed by atoms with van der Waals surface area (Å²) in [6.07, 6.45) is 0.793. The first-order valence-corrected chi connectivity index (χ1v) is 6.04. The summed E-state index contributed by atoms with van der Waals surface area (Å²) in [5.41, 5.74) is 0. The van der Waals surface area contributed by atoms with E-state index in [9.17, 15) is 9.59 Å². The number of rotatable bonds is 3. The fraction of sp³-hybridized carbons (Fsp3) is 0.556. The fourth-order valence-electron chi connectivity index (χ4n) is 1.52. The minimum atomic E-state index is -0.526. The molecule has 1 aliphatic rings. The van der Waals surface area contributed by atoms with E-state index >= 15 is 0 Å². The second kappa shape index (κ2) is 4.76. The normalized spacial score (nSPS) is 19.8. The van der Waals surface area contributed by atoms with Crippen molar-refractivity contribution in [1.29, 1.82) is 0 Å². The average Bonchev–Trinajstić information content (AvgIpc) is 2.87. The molecule has 7 nitrogen and oxygen atoms in total. The van der Waals surface area contributed by atoms with E-state index in [0.29, 0.717) is 10.2 Å². The molecular weight excluding hydrogens is 244 g/mol. The standard InChI is InChI=1S/C9H12N4O3S/c1-2-6-11-12-9(17-6)10-8(15)5-3-7(14)13(16)4-5/h5,16H,2-4H2,1H3,(H,10,12,15). The minimum absolute atomic E-state index is 0.0295. The van der Waals surface area contributed by atoms with Gasteiger partial charge >= 0.3 is 0 Å². The predicted octanol–water partition coefficient (Wildman–Crippen LogP) is 0.277. The third kappa shape index (κ3) is 2.59. The molecule has 1 unspecified atom stereocenters. The van der Waals surface area contributed by atoms with Crippen LogP contribution >= 0.6 is 11.3 Å². The minimum Gasteiger partial charge on any atom is -0.300 e. The number of aromatic nitrogens is 2. The summed E-state index contributed by atoms with van der Waals surface area (Å²) >= 11 is 1.31. The molecule has 0 spiro atoms. The molecule has 1 fully saturated rings. The van der Waals surface area contributed by atoms with E-state index < -0.39 is 11.8 Å². The van der Waals surface area contributed by atoms with Crippen LogP contribution in [0.3, 0.4) is 0 Å². The molecule has 1 aromatic heterocycles. The van der Waals surface area contributed by atoms with Crippen molar-refractivity contribution in [3.8, 4) is 0 Å². The first kappa shape index (κ1) is 11.9. The maximum absolute atomic E-state index is 11.7. The molecule has 0 aromatic carbocycles. The summed E-state index contributed by atoms with van der Waals surface area (Å²) in [5, 5.41) is 21.2. The van der Waals surface area contributed by atoms with Crippen LogP contribution in [-0.2, 0) is 16.0 Å². The highest BCUT2D eigenvalue weighted by Crippen LogP contribution is 2.20. The van der Waals surface area contributed by atoms with Crippen LogP contribution in [0.15, 0.2) is 0 Å². The summed E-state index contributed by atoms with van der Waals surface area (Å²) in [4.78, 5) is 22.8. The summed E-state index contributed by atoms with van der Waals surface area (Å²) in [7, 11) is 0. The lowest BCUT2D eigenvalue weighted by molar-refractivity contribution is -0.157. The third-order valence-electron chi connectivity index (χ3n) is 2.47. The molecule has 17 heavy (non-hydrogen) atoms. The molecule has 0 saturated carbocycles. The molecule has 0 radical (unpaired) electrons. The molecule has 1 aromatic rings. The van der Waals surface area contributed by atoms with Gasteiger partial charge in [-0.05, 0) is 6.42 Å². The van der Waals surface area contributed by atoms with Crippen LogP contribution in [0.1, 0.15) is 18.4 Å². The quantitative estimate of drug-likeness (QED) is 0.757. The number of anilines is 1. The van der Waals surface area contributed by atoms with Crippen molar-refractivity contribution in [2.75, 3.05) is 11.9 Å². The number of hydroxylamine groups is 2. The Kier molecular flexibility index (Phi) is 3.34. The molecule has 2 rings (SSSR count). The van der Waals surface area contributed by atoms with Crippen LogP contribution in [0.2, 0.25) is 0 Å². The molecule has 8 heteroatoms. The number of carbonyl (C=O) groups is 2. The van der Waals surface area contributed by atoms with Crippen molar-refractivity contribution >= 4 is 28.3 Å². The molecule has 2 amide bonds. The van der Waals surface area contributed by atoms with Crippen molar-refractivity contribution in [2.24, 2.45) is 5.92 Å². The zero-order chi connectivity index (χ0) is 12.4. The van der Waals surface area contributed by atoms with Gasteiger partial charge in [0.2, 0.25) is 16.9 Å². The van der Waals surface area contributed by atoms with Crippen LogP contribution in [-0.4, -0.2) is 38.8 Å². The summed E-state index contributed by atoms with van der Waals surface area (Å²) < 4.78 is 0. The maximum atomic E-state index is 11.7. The zero-order valence-electron chi connectivity index (χ0n) is 9.21. The van der Waals surface area contributed by atoms with Crippen LogP contribution in [0, 0.1) is 5.92 Å². The largest absolute Gasteiger partial charge is 0.300 e. The number of carbonyl (C=O) groups excluding carboxylic acids is 2. The molecule has 0 aliphatic carbocycles. The van der Waals surface area contributed by atoms with Crippen LogP contribution in [0.5, 0.6) is 0 Å². The molecule has 0 bridgehead atoms. The summed E-state index contributed by atoms with van der Waals surface area (Å²) in [6, 6.07) is 0. The van der Waals surface area contributed by atoms with Gasteiger partial charge in [0, 0.05) is 6.42 Å². The van der Waals surface area contributed by atoms with E-state index in [1.807, 2.05) is 6.92 Å². The monoisotopic (exact) mass is 256 g/mol. The Hall–Kier alpha value is -1.54. The van der Waals surface area contributed by atoms with Gasteiger partial charge in [0.15, 0.2) is 0 Å². The molecular formula is C9H12N4O3S. The lowest BCUT2D eigenvalue weighted by atomic mass is 10.1. The lowest BCUT2D eigenvalue weighted by Gasteiger charge is -2.07. The highest BCUT2D eigenvalue weighted by Gasteiger charge is 2.34. The Balaban J connectivity index is 1.95. The van der Waals surface area contributed by atoms with E-state index in [1.54, 1.807) is 0 Å². The van der Waals surface area contributed by atoms with Crippen LogP contribution < -0.4 is 5.32 Å². The van der Waals surface area contributed by atoms with E-state index in [-0.39, 0.29) is 18.9 Å². The number of aryl methyl sites for hydroxylation is 1. The van der Waals surface area contributed by atoms with Gasteiger partial charge < -0.3 is 5.32 Å². The highest BCUT2D eigenvalue weighted by atomic mass is 32.1. The van der Waals surface area contributed by atoms with E-state index in [2.05, 4.69) is 15.5 Å². The Labute approximate surface area is 101 Å². The maximum Gasteiger partial charge on any atom is 0.246 e. The molecule has 92 valence electrons. The number of nitrogens with one attached hydrogen (secondary N) is 1. The summed E-state index contributed by atoms with van der Waals surface area (Å²) in [6.45, 7) is 1.98. The summed E-state index contributed by atoms with van der Waals surface area (Å²) in [5.74, 6) is -1.27. The van der Waals surface area contributed by atoms with Crippen molar-refractivity contribution < 1.29 is 14.8 Å². The van der Waals surface area contributed by atoms with E-state index in [1.165, 1.54) is 11.3 Å². The van der Waals surface area contributed by atoms with Crippen LogP contribution in [0.25, 0.3) is 0 Å². The van der Waals surface area contributed by atoms with Gasteiger partial charge in [-0.1, -0.05) is 18.3 Å². The second-order valence-electron chi connectivity index (χ2n) is 3.72. The van der Waals surface area contributed by atoms with Gasteiger partial charge in [-0.25, -0.2) is 5.06 Å². The zero-order valence-corrected chi connectivity index (χ0v) is 10.0. The number of hydrogen-bond acceptors (Lipinski definition) is 6. The molecule has 1 aliphatic heterocycles. The Morgan fingerprint density at radius 1 is 1.65 bits per heavy atom. The fourth-order valence-corrected chi connectivity index (χ4v) is 2.20. The Bertz CT molecular complexity index is 447. The first-order valence-electron chi connectivity index (χ1n) is 5.22. The number of nitrogens with zero attached hydrogens (tertiary/aromatic N) is 3. The number of amides is 2.